The number of fused-ring (bicyclic) bond motifs is 1. The molecule has 0 spiro atoms. The normalized spacial score (nSPS) is 18.9. The minimum atomic E-state index is -0.351. The van der Waals surface area contributed by atoms with Crippen molar-refractivity contribution in [3.63, 3.8) is 0 Å². The van der Waals surface area contributed by atoms with E-state index in [2.05, 4.69) is 15.9 Å². The fourth-order valence-corrected chi connectivity index (χ4v) is 5.36. The molecular weight excluding hydrogens is 454 g/mol. The van der Waals surface area contributed by atoms with Gasteiger partial charge in [-0.05, 0) is 49.1 Å². The van der Waals surface area contributed by atoms with Crippen molar-refractivity contribution in [1.29, 1.82) is 0 Å². The van der Waals surface area contributed by atoms with Crippen LogP contribution in [0, 0.1) is 0 Å². The first-order valence-electron chi connectivity index (χ1n) is 9.70. The van der Waals surface area contributed by atoms with E-state index in [1.54, 1.807) is 35.9 Å². The molecule has 4 rings (SSSR count). The van der Waals surface area contributed by atoms with Crippen molar-refractivity contribution < 1.29 is 19.1 Å². The average Bonchev–Trinajstić information content (AvgIpc) is 2.75. The second-order valence-electron chi connectivity index (χ2n) is 7.17. The number of ether oxygens (including phenoxy) is 2. The molecule has 29 heavy (non-hydrogen) atoms. The first-order chi connectivity index (χ1) is 14.1. The summed E-state index contributed by atoms with van der Waals surface area (Å²) in [6.07, 6.45) is 3.15. The summed E-state index contributed by atoms with van der Waals surface area (Å²) in [6, 6.07) is 11.4. The molecule has 0 N–H and O–H groups in total. The summed E-state index contributed by atoms with van der Waals surface area (Å²) in [5.74, 6) is 0.945. The minimum Gasteiger partial charge on any atom is -0.496 e. The van der Waals surface area contributed by atoms with Crippen molar-refractivity contribution in [2.24, 2.45) is 0 Å². The molecular formula is C22H22BrNO4S. The van der Waals surface area contributed by atoms with Crippen molar-refractivity contribution in [2.45, 2.75) is 35.8 Å². The summed E-state index contributed by atoms with van der Waals surface area (Å²) in [7, 11) is 1.55. The number of halogens is 1. The Labute approximate surface area is 182 Å². The lowest BCUT2D eigenvalue weighted by Gasteiger charge is -2.28. The van der Waals surface area contributed by atoms with Gasteiger partial charge >= 0.3 is 6.09 Å². The summed E-state index contributed by atoms with van der Waals surface area (Å²) in [5, 5.41) is -0.0392. The molecule has 0 aromatic heterocycles. The van der Waals surface area contributed by atoms with Crippen LogP contribution < -0.4 is 9.47 Å². The number of piperidine rings is 1. The summed E-state index contributed by atoms with van der Waals surface area (Å²) in [5.41, 5.74) is 1.57. The second kappa shape index (κ2) is 8.79. The molecule has 1 fully saturated rings. The first-order valence-corrected chi connectivity index (χ1v) is 11.4. The predicted octanol–water partition coefficient (Wildman–Crippen LogP) is 5.86. The zero-order valence-corrected chi connectivity index (χ0v) is 18.6. The van der Waals surface area contributed by atoms with Gasteiger partial charge in [0.1, 0.15) is 11.5 Å². The van der Waals surface area contributed by atoms with E-state index in [9.17, 15) is 9.59 Å². The van der Waals surface area contributed by atoms with Crippen molar-refractivity contribution >= 4 is 39.6 Å². The van der Waals surface area contributed by atoms with E-state index >= 15 is 0 Å². The topological polar surface area (TPSA) is 55.8 Å². The highest BCUT2D eigenvalue weighted by atomic mass is 79.9. The Kier molecular flexibility index (Phi) is 6.15. The lowest BCUT2D eigenvalue weighted by Crippen LogP contribution is -2.37. The number of thioether (sulfide) groups is 1. The van der Waals surface area contributed by atoms with Gasteiger partial charge in [-0.25, -0.2) is 4.79 Å². The van der Waals surface area contributed by atoms with Gasteiger partial charge in [0.25, 0.3) is 0 Å². The summed E-state index contributed by atoms with van der Waals surface area (Å²) >= 11 is 5.00. The van der Waals surface area contributed by atoms with E-state index in [0.717, 1.165) is 29.3 Å². The highest BCUT2D eigenvalue weighted by molar-refractivity contribution is 9.10. The van der Waals surface area contributed by atoms with Crippen LogP contribution >= 0.6 is 27.7 Å². The average molecular weight is 476 g/mol. The molecule has 0 bridgehead atoms. The number of likely N-dealkylation sites (tertiary alicyclic amines) is 1. The maximum atomic E-state index is 13.0. The Hall–Kier alpha value is -1.99. The molecule has 1 atom stereocenters. The molecule has 2 aliphatic rings. The lowest BCUT2D eigenvalue weighted by atomic mass is 10.00. The third-order valence-corrected chi connectivity index (χ3v) is 7.16. The molecule has 2 aliphatic heterocycles. The van der Waals surface area contributed by atoms with Crippen molar-refractivity contribution in [3.05, 3.63) is 52.0 Å². The number of benzene rings is 2. The highest BCUT2D eigenvalue weighted by Crippen LogP contribution is 2.51. The zero-order valence-electron chi connectivity index (χ0n) is 16.2. The van der Waals surface area contributed by atoms with Crippen LogP contribution in [0.15, 0.2) is 45.8 Å². The quantitative estimate of drug-likeness (QED) is 0.555. The maximum Gasteiger partial charge on any atom is 0.415 e. The van der Waals surface area contributed by atoms with E-state index < -0.39 is 0 Å². The van der Waals surface area contributed by atoms with Crippen molar-refractivity contribution in [1.82, 2.24) is 4.90 Å². The van der Waals surface area contributed by atoms with Crippen LogP contribution in [0.1, 0.15) is 46.9 Å². The largest absolute Gasteiger partial charge is 0.496 e. The maximum absolute atomic E-state index is 13.0. The van der Waals surface area contributed by atoms with Gasteiger partial charge in [0.15, 0.2) is 5.78 Å². The van der Waals surface area contributed by atoms with E-state index in [1.165, 1.54) is 0 Å². The number of amides is 1. The predicted molar refractivity (Wildman–Crippen MR) is 116 cm³/mol. The van der Waals surface area contributed by atoms with Gasteiger partial charge < -0.3 is 14.4 Å². The summed E-state index contributed by atoms with van der Waals surface area (Å²) in [6.45, 7) is 1.43. The molecule has 7 heteroatoms. The minimum absolute atomic E-state index is 0.000565. The van der Waals surface area contributed by atoms with Gasteiger partial charge in [-0.1, -0.05) is 28.1 Å². The number of hydrogen-bond acceptors (Lipinski definition) is 5. The fourth-order valence-electron chi connectivity index (χ4n) is 3.73. The van der Waals surface area contributed by atoms with E-state index in [4.69, 9.17) is 9.47 Å². The number of nitrogens with zero attached hydrogens (tertiary/aromatic N) is 1. The summed E-state index contributed by atoms with van der Waals surface area (Å²) < 4.78 is 12.2. The van der Waals surface area contributed by atoms with Gasteiger partial charge in [0.2, 0.25) is 0 Å². The number of rotatable bonds is 3. The number of ketones is 1. The Morgan fingerprint density at radius 1 is 1.07 bits per heavy atom. The molecule has 152 valence electrons. The van der Waals surface area contributed by atoms with Crippen molar-refractivity contribution in [2.75, 3.05) is 20.2 Å². The van der Waals surface area contributed by atoms with Gasteiger partial charge in [0, 0.05) is 29.2 Å². The molecule has 0 radical (unpaired) electrons. The lowest BCUT2D eigenvalue weighted by molar-refractivity contribution is 0.0971. The van der Waals surface area contributed by atoms with E-state index in [-0.39, 0.29) is 17.1 Å². The third kappa shape index (κ3) is 4.31. The Morgan fingerprint density at radius 3 is 2.45 bits per heavy atom. The number of hydrogen-bond donors (Lipinski definition) is 0. The van der Waals surface area contributed by atoms with Gasteiger partial charge in [0.05, 0.1) is 17.6 Å². The first kappa shape index (κ1) is 20.3. The van der Waals surface area contributed by atoms with Crippen LogP contribution in [0.3, 0.4) is 0 Å². The number of Topliss-reactive ketones (excluding diaryl/α,β-unsaturated/α-hetero) is 1. The fraction of sp³-hybridized carbons (Fsp3) is 0.364. The number of carbonyl (C=O) groups excluding carboxylic acids is 2. The van der Waals surface area contributed by atoms with Crippen LogP contribution in [-0.4, -0.2) is 37.0 Å². The summed E-state index contributed by atoms with van der Waals surface area (Å²) in [4.78, 5) is 28.1. The third-order valence-electron chi connectivity index (χ3n) is 5.27. The van der Waals surface area contributed by atoms with E-state index in [1.807, 2.05) is 24.3 Å². The second-order valence-corrected chi connectivity index (χ2v) is 9.30. The molecule has 1 saturated heterocycles. The van der Waals surface area contributed by atoms with Crippen molar-refractivity contribution in [3.8, 4) is 11.5 Å². The van der Waals surface area contributed by atoms with Crippen LogP contribution in [-0.2, 0) is 0 Å². The van der Waals surface area contributed by atoms with Crippen LogP contribution in [0.5, 0.6) is 11.5 Å². The standard InChI is InChI=1S/C22H22BrNO4S/c1-27-17-9-10-18(28-22(26)24-11-3-2-4-12-24)21-20(17)16(25)13-19(29-21)14-5-7-15(23)8-6-14/h5-10,19H,2-4,11-13H2,1H3. The molecule has 2 aromatic carbocycles. The smallest absolute Gasteiger partial charge is 0.415 e. The highest BCUT2D eigenvalue weighted by Gasteiger charge is 2.33. The van der Waals surface area contributed by atoms with Crippen LogP contribution in [0.4, 0.5) is 4.79 Å². The molecule has 2 aromatic rings. The Balaban J connectivity index is 1.66. The van der Waals surface area contributed by atoms with Crippen LogP contribution in [0.2, 0.25) is 0 Å². The molecule has 0 saturated carbocycles. The SMILES string of the molecule is COc1ccc(OC(=O)N2CCCCC2)c2c1C(=O)CC(c1ccc(Br)cc1)S2. The molecule has 5 nitrogen and oxygen atoms in total. The van der Waals surface area contributed by atoms with Gasteiger partial charge in [-0.3, -0.25) is 4.79 Å². The van der Waals surface area contributed by atoms with Gasteiger partial charge in [-0.15, -0.1) is 11.8 Å². The molecule has 1 unspecified atom stereocenters. The molecule has 2 heterocycles. The number of methoxy groups -OCH3 is 1. The van der Waals surface area contributed by atoms with Crippen LogP contribution in [0.25, 0.3) is 0 Å². The van der Waals surface area contributed by atoms with E-state index in [0.29, 0.717) is 41.5 Å². The molecule has 1 amide bonds. The monoisotopic (exact) mass is 475 g/mol. The zero-order chi connectivity index (χ0) is 20.4. The Bertz CT molecular complexity index is 925. The number of carbonyl (C=O) groups is 2. The molecule has 0 aliphatic carbocycles. The van der Waals surface area contributed by atoms with Gasteiger partial charge in [-0.2, -0.15) is 0 Å². The Morgan fingerprint density at radius 2 is 1.76 bits per heavy atom.